The van der Waals surface area contributed by atoms with Crippen LogP contribution in [-0.4, -0.2) is 135 Å². The number of unbranched alkanes of at least 4 members (excludes halogenated alkanes) is 1. The fourth-order valence-electron chi connectivity index (χ4n) is 7.83. The number of fused-ring (bicyclic) bond motifs is 3. The SMILES string of the molecule is C#CCOCCOCCOCCOCCOCCCCn1c(CN2C(=O)C3(CCN(C(=O)CCN4CCCC4)CC3)c3ccncc32)nc2cc(Cl)ccc21. The number of benzene rings is 1. The van der Waals surface area contributed by atoms with Crippen molar-refractivity contribution in [2.75, 3.05) is 104 Å². The number of hydrogen-bond donors (Lipinski definition) is 0. The normalized spacial score (nSPS) is 16.8. The molecule has 298 valence electrons. The summed E-state index contributed by atoms with van der Waals surface area (Å²) in [4.78, 5) is 43.3. The minimum atomic E-state index is -0.675. The molecule has 0 unspecified atom stereocenters. The number of piperidine rings is 1. The molecule has 2 aromatic heterocycles. The summed E-state index contributed by atoms with van der Waals surface area (Å²) in [5.74, 6) is 3.45. The Morgan fingerprint density at radius 2 is 1.53 bits per heavy atom. The second-order valence-electron chi connectivity index (χ2n) is 14.3. The number of pyridine rings is 1. The number of amides is 2. The molecule has 0 saturated carbocycles. The fourth-order valence-corrected chi connectivity index (χ4v) is 8.00. The van der Waals surface area contributed by atoms with E-state index in [2.05, 4.69) is 20.4 Å². The largest absolute Gasteiger partial charge is 0.379 e. The van der Waals surface area contributed by atoms with E-state index in [4.69, 9.17) is 46.7 Å². The number of aryl methyl sites for hydroxylation is 1. The van der Waals surface area contributed by atoms with Crippen molar-refractivity contribution in [3.05, 3.63) is 53.1 Å². The van der Waals surface area contributed by atoms with E-state index in [-0.39, 0.29) is 11.8 Å². The molecule has 3 aliphatic rings. The van der Waals surface area contributed by atoms with Crippen LogP contribution in [0.25, 0.3) is 11.0 Å². The first kappa shape index (κ1) is 41.0. The maximum absolute atomic E-state index is 14.5. The Morgan fingerprint density at radius 1 is 0.855 bits per heavy atom. The first-order valence-corrected chi connectivity index (χ1v) is 20.1. The Labute approximate surface area is 329 Å². The summed E-state index contributed by atoms with van der Waals surface area (Å²) >= 11 is 6.38. The molecular weight excluding hydrogens is 724 g/mol. The van der Waals surface area contributed by atoms with Crippen molar-refractivity contribution in [2.45, 2.75) is 63.5 Å². The Morgan fingerprint density at radius 3 is 2.22 bits per heavy atom. The number of terminal acetylenes is 1. The molecule has 0 bridgehead atoms. The lowest BCUT2D eigenvalue weighted by atomic mass is 9.74. The molecule has 1 aromatic carbocycles. The fraction of sp³-hybridized carbons (Fsp3) is 0.610. The van der Waals surface area contributed by atoms with Gasteiger partial charge in [0.15, 0.2) is 0 Å². The molecule has 0 N–H and O–H groups in total. The van der Waals surface area contributed by atoms with Crippen LogP contribution in [0.3, 0.4) is 0 Å². The average Bonchev–Trinajstić information content (AvgIpc) is 3.90. The van der Waals surface area contributed by atoms with Gasteiger partial charge in [-0.15, -0.1) is 6.42 Å². The van der Waals surface area contributed by atoms with Crippen molar-refractivity contribution in [3.63, 3.8) is 0 Å². The van der Waals surface area contributed by atoms with Crippen molar-refractivity contribution in [1.82, 2.24) is 24.3 Å². The summed E-state index contributed by atoms with van der Waals surface area (Å²) in [7, 11) is 0. The van der Waals surface area contributed by atoms with E-state index in [1.165, 1.54) is 12.8 Å². The topological polar surface area (TPSA) is 121 Å². The predicted molar refractivity (Wildman–Crippen MR) is 210 cm³/mol. The van der Waals surface area contributed by atoms with Gasteiger partial charge in [-0.25, -0.2) is 4.98 Å². The van der Waals surface area contributed by atoms with Crippen molar-refractivity contribution < 1.29 is 33.3 Å². The molecule has 13 nitrogen and oxygen atoms in total. The van der Waals surface area contributed by atoms with Gasteiger partial charge >= 0.3 is 0 Å². The van der Waals surface area contributed by atoms with Crippen LogP contribution in [0.5, 0.6) is 0 Å². The van der Waals surface area contributed by atoms with Gasteiger partial charge in [-0.3, -0.25) is 14.6 Å². The summed E-state index contributed by atoms with van der Waals surface area (Å²) in [6, 6.07) is 7.73. The standard InChI is InChI=1S/C41H55ClN6O7/c1-2-20-51-22-24-53-26-28-55-29-27-54-25-23-52-21-6-5-16-47-36-8-7-33(42)30-35(36)44-38(47)32-48-37-31-43-13-9-34(37)41(40(48)50)11-18-46(19-12-41)39(49)10-17-45-14-3-4-15-45/h1,7-9,13,30-31H,3-6,10-12,14-29,32H2. The third-order valence-corrected chi connectivity index (χ3v) is 11.0. The van der Waals surface area contributed by atoms with Gasteiger partial charge in [0.1, 0.15) is 12.4 Å². The van der Waals surface area contributed by atoms with Crippen LogP contribution in [0.2, 0.25) is 5.02 Å². The van der Waals surface area contributed by atoms with Crippen molar-refractivity contribution >= 4 is 40.1 Å². The van der Waals surface area contributed by atoms with Gasteiger partial charge < -0.3 is 43.0 Å². The number of carbonyl (C=O) groups excluding carboxylic acids is 2. The number of aromatic nitrogens is 3. The highest BCUT2D eigenvalue weighted by Gasteiger charge is 2.52. The molecule has 3 aromatic rings. The van der Waals surface area contributed by atoms with E-state index in [1.807, 2.05) is 34.1 Å². The zero-order valence-electron chi connectivity index (χ0n) is 31.9. The van der Waals surface area contributed by atoms with Gasteiger partial charge in [0.2, 0.25) is 11.8 Å². The molecule has 5 heterocycles. The maximum atomic E-state index is 14.5. The molecule has 6 rings (SSSR count). The smallest absolute Gasteiger partial charge is 0.238 e. The molecular formula is C41H55ClN6O7. The molecule has 14 heteroatoms. The van der Waals surface area contributed by atoms with Crippen LogP contribution >= 0.6 is 11.6 Å². The lowest BCUT2D eigenvalue weighted by Gasteiger charge is -2.38. The van der Waals surface area contributed by atoms with Crippen LogP contribution in [0, 0.1) is 12.3 Å². The highest BCUT2D eigenvalue weighted by Crippen LogP contribution is 2.48. The Hall–Kier alpha value is -3.61. The van der Waals surface area contributed by atoms with Crippen LogP contribution in [-0.2, 0) is 51.8 Å². The summed E-state index contributed by atoms with van der Waals surface area (Å²) in [6.07, 6.45) is 14.6. The number of anilines is 1. The van der Waals surface area contributed by atoms with Gasteiger partial charge in [0.25, 0.3) is 0 Å². The second-order valence-corrected chi connectivity index (χ2v) is 14.7. The van der Waals surface area contributed by atoms with E-state index >= 15 is 0 Å². The van der Waals surface area contributed by atoms with E-state index in [0.29, 0.717) is 117 Å². The quantitative estimate of drug-likeness (QED) is 0.101. The molecule has 2 saturated heterocycles. The number of hydrogen-bond acceptors (Lipinski definition) is 10. The zero-order valence-corrected chi connectivity index (χ0v) is 32.7. The number of nitrogens with zero attached hydrogens (tertiary/aromatic N) is 6. The van der Waals surface area contributed by atoms with E-state index < -0.39 is 5.41 Å². The first-order chi connectivity index (χ1) is 27.0. The molecule has 2 fully saturated rings. The highest BCUT2D eigenvalue weighted by molar-refractivity contribution is 6.31. The third-order valence-electron chi connectivity index (χ3n) is 10.8. The van der Waals surface area contributed by atoms with Crippen molar-refractivity contribution in [3.8, 4) is 12.3 Å². The lowest BCUT2D eigenvalue weighted by Crippen LogP contribution is -2.50. The summed E-state index contributed by atoms with van der Waals surface area (Å²) < 4.78 is 29.7. The number of carbonyl (C=O) groups is 2. The van der Waals surface area contributed by atoms with Crippen molar-refractivity contribution in [2.24, 2.45) is 0 Å². The first-order valence-electron chi connectivity index (χ1n) is 19.7. The summed E-state index contributed by atoms with van der Waals surface area (Å²) in [5, 5.41) is 0.616. The van der Waals surface area contributed by atoms with Crippen LogP contribution in [0.4, 0.5) is 5.69 Å². The van der Waals surface area contributed by atoms with E-state index in [1.54, 1.807) is 12.4 Å². The Balaban J connectivity index is 0.962. The van der Waals surface area contributed by atoms with Gasteiger partial charge in [0, 0.05) is 50.4 Å². The minimum Gasteiger partial charge on any atom is -0.379 e. The highest BCUT2D eigenvalue weighted by atomic mass is 35.5. The van der Waals surface area contributed by atoms with Gasteiger partial charge in [-0.1, -0.05) is 17.5 Å². The molecule has 1 spiro atoms. The van der Waals surface area contributed by atoms with Gasteiger partial charge in [-0.05, 0) is 81.4 Å². The maximum Gasteiger partial charge on any atom is 0.238 e. The number of halogens is 1. The molecule has 3 aliphatic heterocycles. The summed E-state index contributed by atoms with van der Waals surface area (Å²) in [5.41, 5.74) is 2.93. The van der Waals surface area contributed by atoms with E-state index in [9.17, 15) is 9.59 Å². The molecule has 0 atom stereocenters. The number of ether oxygens (including phenoxy) is 5. The predicted octanol–water partition coefficient (Wildman–Crippen LogP) is 4.47. The Kier molecular flexibility index (Phi) is 15.7. The van der Waals surface area contributed by atoms with Gasteiger partial charge in [0.05, 0.1) is 87.7 Å². The van der Waals surface area contributed by atoms with E-state index in [0.717, 1.165) is 60.6 Å². The zero-order chi connectivity index (χ0) is 38.3. The summed E-state index contributed by atoms with van der Waals surface area (Å²) in [6.45, 7) is 10.0. The van der Waals surface area contributed by atoms with Crippen LogP contribution < -0.4 is 4.90 Å². The third kappa shape index (κ3) is 10.8. The number of likely N-dealkylation sites (tertiary alicyclic amines) is 2. The van der Waals surface area contributed by atoms with Gasteiger partial charge in [-0.2, -0.15) is 0 Å². The second kappa shape index (κ2) is 21.1. The molecule has 2 amide bonds. The van der Waals surface area contributed by atoms with Crippen LogP contribution in [0.1, 0.15) is 56.3 Å². The number of imidazole rings is 1. The lowest BCUT2D eigenvalue weighted by molar-refractivity contribution is -0.135. The molecule has 0 aliphatic carbocycles. The average molecular weight is 779 g/mol. The molecule has 0 radical (unpaired) electrons. The Bertz CT molecular complexity index is 1730. The van der Waals surface area contributed by atoms with Crippen molar-refractivity contribution in [1.29, 1.82) is 0 Å². The monoisotopic (exact) mass is 778 g/mol. The molecule has 55 heavy (non-hydrogen) atoms. The number of rotatable bonds is 23. The minimum absolute atomic E-state index is 0.0610. The van der Waals surface area contributed by atoms with Crippen LogP contribution in [0.15, 0.2) is 36.7 Å².